The number of pyridine rings is 1. The minimum atomic E-state index is 0.569. The summed E-state index contributed by atoms with van der Waals surface area (Å²) in [5.41, 5.74) is 7.95. The van der Waals surface area contributed by atoms with Gasteiger partial charge in [-0.2, -0.15) is 0 Å². The second-order valence-electron chi connectivity index (χ2n) is 4.24. The van der Waals surface area contributed by atoms with Crippen molar-refractivity contribution >= 4 is 17.4 Å². The molecule has 0 unspecified atom stereocenters. The zero-order valence-electron chi connectivity index (χ0n) is 10.1. The summed E-state index contributed by atoms with van der Waals surface area (Å²) < 4.78 is 0. The highest BCUT2D eigenvalue weighted by Gasteiger charge is 2.03. The van der Waals surface area contributed by atoms with Crippen LogP contribution in [0.1, 0.15) is 25.3 Å². The number of nitrogens with two attached hydrogens (primary N) is 1. The molecule has 17 heavy (non-hydrogen) atoms. The summed E-state index contributed by atoms with van der Waals surface area (Å²) in [5.74, 6) is 0.569. The van der Waals surface area contributed by atoms with Crippen molar-refractivity contribution in [1.82, 2.24) is 4.98 Å². The summed E-state index contributed by atoms with van der Waals surface area (Å²) in [5, 5.41) is 0. The van der Waals surface area contributed by atoms with E-state index < -0.39 is 0 Å². The highest BCUT2D eigenvalue weighted by atomic mass is 32.2. The van der Waals surface area contributed by atoms with Crippen LogP contribution in [0, 0.1) is 0 Å². The quantitative estimate of drug-likeness (QED) is 0.888. The molecule has 2 rings (SSSR count). The van der Waals surface area contributed by atoms with E-state index in [1.807, 2.05) is 6.07 Å². The van der Waals surface area contributed by atoms with Gasteiger partial charge in [-0.05, 0) is 29.7 Å². The molecule has 2 nitrogen and oxygen atoms in total. The Labute approximate surface area is 106 Å². The smallest absolute Gasteiger partial charge is 0.0642 e. The van der Waals surface area contributed by atoms with Gasteiger partial charge in [-0.15, -0.1) is 0 Å². The predicted octanol–water partition coefficient (Wildman–Crippen LogP) is 3.94. The molecule has 88 valence electrons. The predicted molar refractivity (Wildman–Crippen MR) is 73.3 cm³/mol. The zero-order chi connectivity index (χ0) is 12.3. The summed E-state index contributed by atoms with van der Waals surface area (Å²) in [6.07, 6.45) is 3.45. The van der Waals surface area contributed by atoms with Crippen LogP contribution in [0.3, 0.4) is 0 Å². The average Bonchev–Trinajstić information content (AvgIpc) is 2.33. The molecule has 0 saturated heterocycles. The van der Waals surface area contributed by atoms with E-state index in [-0.39, 0.29) is 0 Å². The van der Waals surface area contributed by atoms with Crippen LogP contribution in [0.25, 0.3) is 0 Å². The summed E-state index contributed by atoms with van der Waals surface area (Å²) in [6, 6.07) is 10.6. The van der Waals surface area contributed by atoms with Crippen molar-refractivity contribution in [2.24, 2.45) is 0 Å². The standard InChI is InChI=1S/C14H16N2S/c1-10(2)11-3-5-12(6-4-11)17-14-7-8-16-9-13(14)15/h3-10H,15H2,1-2H3. The van der Waals surface area contributed by atoms with E-state index >= 15 is 0 Å². The third-order valence-corrected chi connectivity index (χ3v) is 3.68. The van der Waals surface area contributed by atoms with Crippen molar-refractivity contribution in [3.05, 3.63) is 48.3 Å². The van der Waals surface area contributed by atoms with Crippen LogP contribution in [0.4, 0.5) is 5.69 Å². The Morgan fingerprint density at radius 2 is 1.82 bits per heavy atom. The Hall–Kier alpha value is -1.48. The van der Waals surface area contributed by atoms with E-state index in [1.54, 1.807) is 24.2 Å². The van der Waals surface area contributed by atoms with Crippen LogP contribution in [-0.2, 0) is 0 Å². The van der Waals surface area contributed by atoms with Gasteiger partial charge >= 0.3 is 0 Å². The molecule has 0 atom stereocenters. The highest BCUT2D eigenvalue weighted by Crippen LogP contribution is 2.31. The Bertz CT molecular complexity index is 492. The van der Waals surface area contributed by atoms with Gasteiger partial charge in [0.15, 0.2) is 0 Å². The third kappa shape index (κ3) is 3.01. The second kappa shape index (κ2) is 5.23. The first kappa shape index (κ1) is 12.0. The molecule has 0 aliphatic rings. The molecule has 2 aromatic rings. The molecule has 0 fully saturated rings. The van der Waals surface area contributed by atoms with Crippen molar-refractivity contribution in [1.29, 1.82) is 0 Å². The minimum absolute atomic E-state index is 0.569. The Morgan fingerprint density at radius 1 is 1.12 bits per heavy atom. The highest BCUT2D eigenvalue weighted by molar-refractivity contribution is 7.99. The van der Waals surface area contributed by atoms with E-state index in [2.05, 4.69) is 43.1 Å². The molecule has 0 radical (unpaired) electrons. The molecule has 0 saturated carbocycles. The second-order valence-corrected chi connectivity index (χ2v) is 5.35. The lowest BCUT2D eigenvalue weighted by atomic mass is 10.0. The van der Waals surface area contributed by atoms with Gasteiger partial charge in [-0.3, -0.25) is 4.98 Å². The van der Waals surface area contributed by atoms with Crippen LogP contribution < -0.4 is 5.73 Å². The van der Waals surface area contributed by atoms with Gasteiger partial charge in [-0.25, -0.2) is 0 Å². The lowest BCUT2D eigenvalue weighted by molar-refractivity contribution is 0.865. The molecule has 0 bridgehead atoms. The first-order valence-electron chi connectivity index (χ1n) is 5.64. The number of benzene rings is 1. The van der Waals surface area contributed by atoms with Crippen LogP contribution in [0.15, 0.2) is 52.5 Å². The fourth-order valence-electron chi connectivity index (χ4n) is 1.53. The van der Waals surface area contributed by atoms with Crippen molar-refractivity contribution < 1.29 is 0 Å². The number of anilines is 1. The van der Waals surface area contributed by atoms with Crippen LogP contribution >= 0.6 is 11.8 Å². The molecule has 3 heteroatoms. The lowest BCUT2D eigenvalue weighted by Gasteiger charge is -2.07. The number of nitrogen functional groups attached to an aromatic ring is 1. The normalized spacial score (nSPS) is 10.8. The SMILES string of the molecule is CC(C)c1ccc(Sc2ccncc2N)cc1. The van der Waals surface area contributed by atoms with E-state index in [9.17, 15) is 0 Å². The van der Waals surface area contributed by atoms with Gasteiger partial charge in [0.1, 0.15) is 0 Å². The first-order valence-corrected chi connectivity index (χ1v) is 6.46. The fraction of sp³-hybridized carbons (Fsp3) is 0.214. The van der Waals surface area contributed by atoms with Gasteiger partial charge in [0, 0.05) is 16.0 Å². The third-order valence-electron chi connectivity index (χ3n) is 2.58. The van der Waals surface area contributed by atoms with E-state index in [1.165, 1.54) is 10.5 Å². The van der Waals surface area contributed by atoms with Gasteiger partial charge in [0.2, 0.25) is 0 Å². The zero-order valence-corrected chi connectivity index (χ0v) is 10.9. The van der Waals surface area contributed by atoms with E-state index in [0.717, 1.165) is 10.6 Å². The largest absolute Gasteiger partial charge is 0.397 e. The van der Waals surface area contributed by atoms with Gasteiger partial charge in [0.25, 0.3) is 0 Å². The Kier molecular flexibility index (Phi) is 3.69. The number of nitrogens with zero attached hydrogens (tertiary/aromatic N) is 1. The maximum Gasteiger partial charge on any atom is 0.0642 e. The van der Waals surface area contributed by atoms with Crippen molar-refractivity contribution in [2.75, 3.05) is 5.73 Å². The Balaban J connectivity index is 2.17. The van der Waals surface area contributed by atoms with Crippen LogP contribution in [-0.4, -0.2) is 4.98 Å². The summed E-state index contributed by atoms with van der Waals surface area (Å²) in [4.78, 5) is 6.24. The number of hydrogen-bond donors (Lipinski definition) is 1. The van der Waals surface area contributed by atoms with Gasteiger partial charge in [0.05, 0.1) is 11.9 Å². The lowest BCUT2D eigenvalue weighted by Crippen LogP contribution is -1.89. The molecular formula is C14H16N2S. The molecule has 1 heterocycles. The maximum atomic E-state index is 5.86. The molecule has 1 aromatic heterocycles. The van der Waals surface area contributed by atoms with Gasteiger partial charge < -0.3 is 5.73 Å². The van der Waals surface area contributed by atoms with E-state index in [0.29, 0.717) is 5.92 Å². The molecule has 0 amide bonds. The molecule has 0 aliphatic carbocycles. The van der Waals surface area contributed by atoms with Gasteiger partial charge in [-0.1, -0.05) is 37.7 Å². The molecular weight excluding hydrogens is 228 g/mol. The summed E-state index contributed by atoms with van der Waals surface area (Å²) in [6.45, 7) is 4.39. The molecule has 0 aliphatic heterocycles. The van der Waals surface area contributed by atoms with E-state index in [4.69, 9.17) is 5.73 Å². The van der Waals surface area contributed by atoms with Crippen molar-refractivity contribution in [3.63, 3.8) is 0 Å². The van der Waals surface area contributed by atoms with Crippen LogP contribution in [0.5, 0.6) is 0 Å². The molecule has 2 N–H and O–H groups in total. The first-order chi connectivity index (χ1) is 8.16. The number of rotatable bonds is 3. The molecule has 0 spiro atoms. The molecule has 1 aromatic carbocycles. The van der Waals surface area contributed by atoms with Crippen molar-refractivity contribution in [3.8, 4) is 0 Å². The number of aromatic nitrogens is 1. The maximum absolute atomic E-state index is 5.86. The monoisotopic (exact) mass is 244 g/mol. The average molecular weight is 244 g/mol. The van der Waals surface area contributed by atoms with Crippen molar-refractivity contribution in [2.45, 2.75) is 29.6 Å². The number of hydrogen-bond acceptors (Lipinski definition) is 3. The summed E-state index contributed by atoms with van der Waals surface area (Å²) in [7, 11) is 0. The summed E-state index contributed by atoms with van der Waals surface area (Å²) >= 11 is 1.67. The Morgan fingerprint density at radius 3 is 2.41 bits per heavy atom. The topological polar surface area (TPSA) is 38.9 Å². The minimum Gasteiger partial charge on any atom is -0.397 e. The van der Waals surface area contributed by atoms with Crippen LogP contribution in [0.2, 0.25) is 0 Å². The fourth-order valence-corrected chi connectivity index (χ4v) is 2.36.